The van der Waals surface area contributed by atoms with Crippen molar-refractivity contribution in [3.8, 4) is 0 Å². The Bertz CT molecular complexity index is 1350. The van der Waals surface area contributed by atoms with Crippen LogP contribution >= 0.6 is 0 Å². The normalized spacial score (nSPS) is 22.5. The van der Waals surface area contributed by atoms with E-state index in [1.807, 2.05) is 26.1 Å². The molecule has 0 unspecified atom stereocenters. The van der Waals surface area contributed by atoms with Gasteiger partial charge in [0, 0.05) is 36.6 Å². The van der Waals surface area contributed by atoms with Crippen LogP contribution in [-0.2, 0) is 10.9 Å². The summed E-state index contributed by atoms with van der Waals surface area (Å²) in [5, 5.41) is 7.30. The minimum absolute atomic E-state index is 0.0191. The van der Waals surface area contributed by atoms with E-state index < -0.39 is 11.7 Å². The number of nitrogens with zero attached hydrogens (tertiary/aromatic N) is 7. The Morgan fingerprint density at radius 1 is 1.24 bits per heavy atom. The predicted molar refractivity (Wildman–Crippen MR) is 134 cm³/mol. The number of hydrogen-bond donors (Lipinski definition) is 1. The molecule has 0 spiro atoms. The second-order valence-electron chi connectivity index (χ2n) is 9.29. The number of halogens is 3. The molecule has 3 aromatic rings. The van der Waals surface area contributed by atoms with Crippen LogP contribution in [0.1, 0.15) is 42.4 Å². The summed E-state index contributed by atoms with van der Waals surface area (Å²) >= 11 is 0. The Kier molecular flexibility index (Phi) is 6.63. The van der Waals surface area contributed by atoms with Gasteiger partial charge in [0.1, 0.15) is 17.2 Å². The number of nitrogens with one attached hydrogen (secondary N) is 1. The SMILES string of the molecule is C=NC(=N/C(=C\C)N1CCN(C2COC2)[C@H](c2cn[nH]c2C)[C@H]1C)c1cnc2ccc(C(F)(F)F)cn12. The molecule has 2 aliphatic rings. The van der Waals surface area contributed by atoms with Gasteiger partial charge in [0.2, 0.25) is 0 Å². The van der Waals surface area contributed by atoms with Crippen LogP contribution in [0, 0.1) is 6.92 Å². The van der Waals surface area contributed by atoms with Gasteiger partial charge < -0.3 is 9.64 Å². The predicted octanol–water partition coefficient (Wildman–Crippen LogP) is 3.84. The molecule has 12 heteroatoms. The van der Waals surface area contributed by atoms with E-state index in [1.165, 1.54) is 16.7 Å². The van der Waals surface area contributed by atoms with E-state index >= 15 is 0 Å². The summed E-state index contributed by atoms with van der Waals surface area (Å²) in [6.07, 6.45) is 1.75. The summed E-state index contributed by atoms with van der Waals surface area (Å²) in [6.45, 7) is 12.6. The van der Waals surface area contributed by atoms with Crippen LogP contribution in [0.25, 0.3) is 5.65 Å². The lowest BCUT2D eigenvalue weighted by molar-refractivity contribution is -0.137. The van der Waals surface area contributed by atoms with Gasteiger partial charge in [-0.25, -0.2) is 15.0 Å². The number of amidine groups is 1. The highest BCUT2D eigenvalue weighted by molar-refractivity contribution is 6.01. The molecule has 0 radical (unpaired) electrons. The number of ether oxygens (including phenoxy) is 1. The van der Waals surface area contributed by atoms with Crippen LogP contribution in [0.15, 0.2) is 52.6 Å². The van der Waals surface area contributed by atoms with Crippen LogP contribution < -0.4 is 0 Å². The number of aryl methyl sites for hydroxylation is 1. The van der Waals surface area contributed by atoms with E-state index in [0.29, 0.717) is 43.0 Å². The molecule has 5 heterocycles. The Hall–Kier alpha value is -3.51. The standard InChI is InChI=1S/C25H29F3N8O/c1-5-21(32-24(29-4)20-11-30-22-7-6-17(12-36(20)22)25(26,27)28)34-8-9-35(18-13-37-14-18)23(16(34)3)19-10-31-33-15(19)2/h5-7,10-12,16,18,23H,4,8-9,13-14H2,1-3H3,(H,31,33)/b21-5+,32-24?/t16-,23+/m1/s1. The van der Waals surface area contributed by atoms with Crippen molar-refractivity contribution in [3.63, 3.8) is 0 Å². The Morgan fingerprint density at radius 3 is 2.62 bits per heavy atom. The highest BCUT2D eigenvalue weighted by atomic mass is 19.4. The van der Waals surface area contributed by atoms with Gasteiger partial charge in [-0.1, -0.05) is 0 Å². The number of rotatable bonds is 5. The molecule has 0 amide bonds. The summed E-state index contributed by atoms with van der Waals surface area (Å²) in [5.41, 5.74) is 2.04. The number of hydrogen-bond acceptors (Lipinski definition) is 6. The first kappa shape index (κ1) is 25.2. The maximum Gasteiger partial charge on any atom is 0.417 e. The van der Waals surface area contributed by atoms with Gasteiger partial charge in [0.05, 0.1) is 43.3 Å². The lowest BCUT2D eigenvalue weighted by Gasteiger charge is -2.51. The molecule has 0 aromatic carbocycles. The quantitative estimate of drug-likeness (QED) is 0.413. The molecular formula is C25H29F3N8O. The van der Waals surface area contributed by atoms with Gasteiger partial charge in [-0.05, 0) is 45.7 Å². The van der Waals surface area contributed by atoms with Crippen molar-refractivity contribution >= 4 is 18.2 Å². The number of imidazole rings is 1. The van der Waals surface area contributed by atoms with E-state index in [9.17, 15) is 13.2 Å². The van der Waals surface area contributed by atoms with Crippen molar-refractivity contribution < 1.29 is 17.9 Å². The molecule has 9 nitrogen and oxygen atoms in total. The average molecular weight is 515 g/mol. The number of H-pyrrole nitrogens is 1. The summed E-state index contributed by atoms with van der Waals surface area (Å²) in [5.74, 6) is 0.852. The first-order chi connectivity index (χ1) is 17.7. The minimum atomic E-state index is -4.48. The Balaban J connectivity index is 1.50. The zero-order valence-corrected chi connectivity index (χ0v) is 20.9. The Labute approximate surface area is 212 Å². The molecule has 3 aromatic heterocycles. The van der Waals surface area contributed by atoms with E-state index in [1.54, 1.807) is 0 Å². The number of pyridine rings is 1. The number of aromatic amines is 1. The van der Waals surface area contributed by atoms with Crippen LogP contribution in [0.5, 0.6) is 0 Å². The summed E-state index contributed by atoms with van der Waals surface area (Å²) in [7, 11) is 0. The van der Waals surface area contributed by atoms with Crippen molar-refractivity contribution in [2.24, 2.45) is 9.98 Å². The molecule has 37 heavy (non-hydrogen) atoms. The van der Waals surface area contributed by atoms with Crippen molar-refractivity contribution in [3.05, 3.63) is 65.1 Å². The highest BCUT2D eigenvalue weighted by Gasteiger charge is 2.42. The minimum Gasteiger partial charge on any atom is -0.378 e. The third-order valence-electron chi connectivity index (χ3n) is 7.17. The number of piperazine rings is 1. The van der Waals surface area contributed by atoms with Crippen molar-refractivity contribution in [2.75, 3.05) is 26.3 Å². The molecule has 2 fully saturated rings. The summed E-state index contributed by atoms with van der Waals surface area (Å²) in [6, 6.07) is 2.75. The summed E-state index contributed by atoms with van der Waals surface area (Å²) < 4.78 is 46.9. The van der Waals surface area contributed by atoms with E-state index in [4.69, 9.17) is 9.73 Å². The molecule has 5 rings (SSSR count). The number of aliphatic imine (C=N–C) groups is 2. The third-order valence-corrected chi connectivity index (χ3v) is 7.17. The van der Waals surface area contributed by atoms with Crippen LogP contribution in [0.4, 0.5) is 13.2 Å². The second-order valence-corrected chi connectivity index (χ2v) is 9.29. The molecule has 2 saturated heterocycles. The first-order valence-electron chi connectivity index (χ1n) is 12.1. The zero-order valence-electron chi connectivity index (χ0n) is 20.9. The van der Waals surface area contributed by atoms with Gasteiger partial charge in [-0.2, -0.15) is 18.3 Å². The second kappa shape index (κ2) is 9.75. The van der Waals surface area contributed by atoms with Crippen molar-refractivity contribution in [1.82, 2.24) is 29.4 Å². The van der Waals surface area contributed by atoms with Gasteiger partial charge in [0.15, 0.2) is 5.84 Å². The fraction of sp³-hybridized carbons (Fsp3) is 0.440. The molecule has 0 saturated carbocycles. The fourth-order valence-corrected chi connectivity index (χ4v) is 5.15. The number of alkyl halides is 3. The van der Waals surface area contributed by atoms with Gasteiger partial charge >= 0.3 is 6.18 Å². The molecule has 1 N–H and O–H groups in total. The topological polar surface area (TPSA) is 86.4 Å². The lowest BCUT2D eigenvalue weighted by Crippen LogP contribution is -2.60. The molecule has 196 valence electrons. The van der Waals surface area contributed by atoms with Gasteiger partial charge in [0.25, 0.3) is 0 Å². The monoisotopic (exact) mass is 514 g/mol. The molecular weight excluding hydrogens is 485 g/mol. The Morgan fingerprint density at radius 2 is 2.03 bits per heavy atom. The number of allylic oxidation sites excluding steroid dienone is 1. The number of aromatic nitrogens is 4. The highest BCUT2D eigenvalue weighted by Crippen LogP contribution is 2.37. The molecule has 2 aliphatic heterocycles. The maximum absolute atomic E-state index is 13.4. The van der Waals surface area contributed by atoms with Crippen LogP contribution in [0.2, 0.25) is 0 Å². The van der Waals surface area contributed by atoms with Gasteiger partial charge in [-0.3, -0.25) is 14.4 Å². The molecule has 2 atom stereocenters. The third kappa shape index (κ3) is 4.55. The van der Waals surface area contributed by atoms with Crippen LogP contribution in [-0.4, -0.2) is 80.3 Å². The smallest absolute Gasteiger partial charge is 0.378 e. The largest absolute Gasteiger partial charge is 0.417 e. The average Bonchev–Trinajstić information content (AvgIpc) is 3.45. The van der Waals surface area contributed by atoms with Crippen molar-refractivity contribution in [1.29, 1.82) is 0 Å². The fourth-order valence-electron chi connectivity index (χ4n) is 5.15. The van der Waals surface area contributed by atoms with Crippen LogP contribution in [0.3, 0.4) is 0 Å². The van der Waals surface area contributed by atoms with E-state index in [0.717, 1.165) is 30.1 Å². The van der Waals surface area contributed by atoms with E-state index in [-0.39, 0.29) is 17.9 Å². The van der Waals surface area contributed by atoms with Gasteiger partial charge in [-0.15, -0.1) is 0 Å². The lowest BCUT2D eigenvalue weighted by atomic mass is 9.93. The zero-order chi connectivity index (χ0) is 26.3. The maximum atomic E-state index is 13.4. The molecule has 0 bridgehead atoms. The summed E-state index contributed by atoms with van der Waals surface area (Å²) in [4.78, 5) is 17.8. The first-order valence-corrected chi connectivity index (χ1v) is 12.1. The van der Waals surface area contributed by atoms with E-state index in [2.05, 4.69) is 43.6 Å². The molecule has 0 aliphatic carbocycles. The van der Waals surface area contributed by atoms with Crippen molar-refractivity contribution in [2.45, 2.75) is 45.1 Å². The number of fused-ring (bicyclic) bond motifs is 1.